The number of nitrogens with one attached hydrogen (secondary N) is 1. The average Bonchev–Trinajstić information content (AvgIpc) is 2.89. The number of carboxylic acid groups (broad SMARTS) is 1. The third-order valence-corrected chi connectivity index (χ3v) is 5.79. The fraction of sp³-hybridized carbons (Fsp3) is 0.192. The van der Waals surface area contributed by atoms with E-state index in [1.54, 1.807) is 54.6 Å². The van der Waals surface area contributed by atoms with Crippen LogP contribution in [0.3, 0.4) is 0 Å². The number of phenolic OH excluding ortho intramolecular Hbond substituents is 1. The Morgan fingerprint density at radius 3 is 2.64 bits per heavy atom. The molecule has 0 radical (unpaired) electrons. The number of amides is 1. The molecule has 4 rings (SSSR count). The summed E-state index contributed by atoms with van der Waals surface area (Å²) in [5.74, 6) is -1.96. The highest BCUT2D eigenvalue weighted by atomic mass is 16.5. The Morgan fingerprint density at radius 1 is 1.08 bits per heavy atom. The molecule has 4 aromatic rings. The fourth-order valence-corrected chi connectivity index (χ4v) is 3.81. The van der Waals surface area contributed by atoms with Gasteiger partial charge >= 0.3 is 5.97 Å². The van der Waals surface area contributed by atoms with Gasteiger partial charge in [0.05, 0.1) is 24.1 Å². The van der Waals surface area contributed by atoms with Crippen molar-refractivity contribution < 1.29 is 24.5 Å². The van der Waals surface area contributed by atoms with Crippen LogP contribution in [0, 0.1) is 5.92 Å². The van der Waals surface area contributed by atoms with E-state index in [2.05, 4.69) is 15.6 Å². The summed E-state index contributed by atoms with van der Waals surface area (Å²) in [4.78, 5) is 37.0. The highest BCUT2D eigenvalue weighted by Crippen LogP contribution is 2.27. The van der Waals surface area contributed by atoms with Gasteiger partial charge in [0.15, 0.2) is 0 Å². The molecule has 0 fully saturated rings. The van der Waals surface area contributed by atoms with Crippen molar-refractivity contribution in [2.45, 2.75) is 19.4 Å². The van der Waals surface area contributed by atoms with Crippen molar-refractivity contribution >= 4 is 28.5 Å². The number of carbonyl (C=O) groups excluding carboxylic acids is 1. The van der Waals surface area contributed by atoms with Crippen molar-refractivity contribution in [3.63, 3.8) is 0 Å². The number of rotatable bonds is 9. The first-order valence-electron chi connectivity index (χ1n) is 11.2. The number of nitrogens with zero attached hydrogens (tertiary/aromatic N) is 3. The lowest BCUT2D eigenvalue weighted by Gasteiger charge is -2.14. The highest BCUT2D eigenvalue weighted by molar-refractivity contribution is 6.05. The van der Waals surface area contributed by atoms with Crippen molar-refractivity contribution in [1.29, 1.82) is 0 Å². The van der Waals surface area contributed by atoms with Gasteiger partial charge in [-0.1, -0.05) is 29.5 Å². The second kappa shape index (κ2) is 10.7. The largest absolute Gasteiger partial charge is 0.506 e. The highest BCUT2D eigenvalue weighted by Gasteiger charge is 2.20. The molecule has 0 aliphatic heterocycles. The molecule has 1 atom stereocenters. The average molecular weight is 489 g/mol. The van der Waals surface area contributed by atoms with Crippen molar-refractivity contribution in [1.82, 2.24) is 15.0 Å². The SMILES string of the molecule is COc1cccc(C(=O)Nc2ccc(C[C@@H](CCn3nnc4ccccc4c3=O)C(=O)O)cc2O)c1. The van der Waals surface area contributed by atoms with Crippen LogP contribution in [0.15, 0.2) is 71.5 Å². The van der Waals surface area contributed by atoms with Crippen molar-refractivity contribution in [3.8, 4) is 11.5 Å². The first-order chi connectivity index (χ1) is 17.4. The maximum absolute atomic E-state index is 12.6. The van der Waals surface area contributed by atoms with Gasteiger partial charge in [-0.05, 0) is 60.9 Å². The number of carbonyl (C=O) groups is 2. The molecule has 3 N–H and O–H groups in total. The van der Waals surface area contributed by atoms with Gasteiger partial charge < -0.3 is 20.3 Å². The van der Waals surface area contributed by atoms with Crippen LogP contribution >= 0.6 is 0 Å². The van der Waals surface area contributed by atoms with E-state index in [1.807, 2.05) is 0 Å². The zero-order valence-corrected chi connectivity index (χ0v) is 19.4. The Balaban J connectivity index is 1.44. The summed E-state index contributed by atoms with van der Waals surface area (Å²) in [5.41, 5.74) is 1.25. The lowest BCUT2D eigenvalue weighted by atomic mass is 9.96. The van der Waals surface area contributed by atoms with Gasteiger partial charge in [0.1, 0.15) is 17.0 Å². The Morgan fingerprint density at radius 2 is 1.89 bits per heavy atom. The molecular formula is C26H24N4O6. The minimum atomic E-state index is -1.04. The Bertz CT molecular complexity index is 1480. The maximum atomic E-state index is 12.6. The van der Waals surface area contributed by atoms with Gasteiger partial charge in [0.25, 0.3) is 11.5 Å². The van der Waals surface area contributed by atoms with Crippen LogP contribution < -0.4 is 15.6 Å². The van der Waals surface area contributed by atoms with Gasteiger partial charge in [-0.2, -0.15) is 0 Å². The third-order valence-electron chi connectivity index (χ3n) is 5.79. The number of aryl methyl sites for hydroxylation is 1. The Labute approximate surface area is 205 Å². The number of fused-ring (bicyclic) bond motifs is 1. The summed E-state index contributed by atoms with van der Waals surface area (Å²) >= 11 is 0. The quantitative estimate of drug-likeness (QED) is 0.305. The number of hydrogen-bond acceptors (Lipinski definition) is 7. The van der Waals surface area contributed by atoms with Gasteiger partial charge in [0.2, 0.25) is 0 Å². The molecule has 0 saturated carbocycles. The van der Waals surface area contributed by atoms with E-state index in [0.29, 0.717) is 27.8 Å². The van der Waals surface area contributed by atoms with E-state index in [9.17, 15) is 24.6 Å². The van der Waals surface area contributed by atoms with Gasteiger partial charge in [-0.3, -0.25) is 14.4 Å². The molecule has 0 aliphatic carbocycles. The molecule has 184 valence electrons. The minimum absolute atomic E-state index is 0.0777. The van der Waals surface area contributed by atoms with Gasteiger partial charge in [-0.25, -0.2) is 4.68 Å². The second-order valence-electron chi connectivity index (χ2n) is 8.20. The van der Waals surface area contributed by atoms with Crippen molar-refractivity contribution in [2.75, 3.05) is 12.4 Å². The molecule has 0 bridgehead atoms. The number of phenols is 1. The molecule has 10 nitrogen and oxygen atoms in total. The molecule has 3 aromatic carbocycles. The van der Waals surface area contributed by atoms with E-state index in [-0.39, 0.29) is 36.4 Å². The maximum Gasteiger partial charge on any atom is 0.306 e. The first-order valence-corrected chi connectivity index (χ1v) is 11.2. The van der Waals surface area contributed by atoms with E-state index >= 15 is 0 Å². The summed E-state index contributed by atoms with van der Waals surface area (Å²) in [5, 5.41) is 31.1. The van der Waals surface area contributed by atoms with E-state index in [1.165, 1.54) is 19.2 Å². The van der Waals surface area contributed by atoms with Crippen molar-refractivity contribution in [2.24, 2.45) is 5.92 Å². The molecule has 1 aromatic heterocycles. The summed E-state index contributed by atoms with van der Waals surface area (Å²) < 4.78 is 6.28. The molecule has 0 saturated heterocycles. The number of aromatic nitrogens is 3. The Kier molecular flexibility index (Phi) is 7.24. The predicted octanol–water partition coefficient (Wildman–Crippen LogP) is 3.09. The van der Waals surface area contributed by atoms with Crippen LogP contribution in [0.25, 0.3) is 10.9 Å². The van der Waals surface area contributed by atoms with Crippen LogP contribution in [0.1, 0.15) is 22.3 Å². The summed E-state index contributed by atoms with van der Waals surface area (Å²) in [6.45, 7) is 0.0777. The molecule has 10 heteroatoms. The summed E-state index contributed by atoms with van der Waals surface area (Å²) in [6, 6.07) is 18.0. The predicted molar refractivity (Wildman–Crippen MR) is 132 cm³/mol. The molecule has 36 heavy (non-hydrogen) atoms. The Hall–Kier alpha value is -4.73. The van der Waals surface area contributed by atoms with E-state index in [0.717, 1.165) is 4.68 Å². The molecular weight excluding hydrogens is 464 g/mol. The van der Waals surface area contributed by atoms with E-state index in [4.69, 9.17) is 4.74 Å². The zero-order chi connectivity index (χ0) is 25.7. The lowest BCUT2D eigenvalue weighted by molar-refractivity contribution is -0.142. The first kappa shape index (κ1) is 24.4. The number of ether oxygens (including phenoxy) is 1. The number of anilines is 1. The molecule has 0 spiro atoms. The van der Waals surface area contributed by atoms with Crippen LogP contribution in [0.5, 0.6) is 11.5 Å². The van der Waals surface area contributed by atoms with Crippen LogP contribution in [0.4, 0.5) is 5.69 Å². The van der Waals surface area contributed by atoms with Gasteiger partial charge in [-0.15, -0.1) is 5.10 Å². The van der Waals surface area contributed by atoms with Gasteiger partial charge in [0, 0.05) is 12.1 Å². The minimum Gasteiger partial charge on any atom is -0.506 e. The third kappa shape index (κ3) is 5.49. The zero-order valence-electron chi connectivity index (χ0n) is 19.4. The number of aliphatic carboxylic acids is 1. The van der Waals surface area contributed by atoms with Crippen LogP contribution in [-0.2, 0) is 17.8 Å². The number of carboxylic acids is 1. The van der Waals surface area contributed by atoms with Crippen LogP contribution in [-0.4, -0.2) is 44.2 Å². The number of aromatic hydroxyl groups is 1. The fourth-order valence-electron chi connectivity index (χ4n) is 3.81. The monoisotopic (exact) mass is 488 g/mol. The number of benzene rings is 3. The smallest absolute Gasteiger partial charge is 0.306 e. The van der Waals surface area contributed by atoms with E-state index < -0.39 is 17.8 Å². The molecule has 0 aliphatic rings. The second-order valence-corrected chi connectivity index (χ2v) is 8.20. The normalized spacial score (nSPS) is 11.7. The topological polar surface area (TPSA) is 144 Å². The molecule has 0 unspecified atom stereocenters. The molecule has 1 heterocycles. The molecule has 1 amide bonds. The summed E-state index contributed by atoms with van der Waals surface area (Å²) in [6.07, 6.45) is 0.250. The summed E-state index contributed by atoms with van der Waals surface area (Å²) in [7, 11) is 1.50. The van der Waals surface area contributed by atoms with Crippen molar-refractivity contribution in [3.05, 3.63) is 88.2 Å². The lowest BCUT2D eigenvalue weighted by Crippen LogP contribution is -2.27. The number of methoxy groups -OCH3 is 1. The standard InChI is InChI=1S/C26H24N4O6/c1-36-19-6-4-5-17(15-19)24(32)27-22-10-9-16(14-23(22)31)13-18(26(34)35)11-12-30-25(33)20-7-2-3-8-21(20)28-29-30/h2-10,14-15,18,31H,11-13H2,1H3,(H,27,32)(H,34,35)/t18-/m1/s1. The number of hydrogen-bond donors (Lipinski definition) is 3. The van der Waals surface area contributed by atoms with Crippen LogP contribution in [0.2, 0.25) is 0 Å².